The lowest BCUT2D eigenvalue weighted by molar-refractivity contribution is 0.0734. The largest absolute Gasteiger partial charge is 0.494 e. The standard InChI is InChI=1S/C29H28O5/c1-6-32-22-13-7-19(8-14-22)16-25-27(30)26-18(2)15-23(17-24(26)34-25)33-28(31)20-9-11-21(12-10-20)29(3,4)5/h7-17H,6H2,1-5H3/b25-16-. The Morgan fingerprint density at radius 1 is 0.971 bits per heavy atom. The van der Waals surface area contributed by atoms with Gasteiger partial charge in [0.1, 0.15) is 17.2 Å². The monoisotopic (exact) mass is 456 g/mol. The van der Waals surface area contributed by atoms with Crippen molar-refractivity contribution in [3.8, 4) is 17.2 Å². The van der Waals surface area contributed by atoms with Crippen molar-refractivity contribution in [1.82, 2.24) is 0 Å². The minimum absolute atomic E-state index is 0.0000427. The van der Waals surface area contributed by atoms with E-state index in [1.807, 2.05) is 43.3 Å². The van der Waals surface area contributed by atoms with E-state index in [2.05, 4.69) is 20.8 Å². The topological polar surface area (TPSA) is 61.8 Å². The third-order valence-corrected chi connectivity index (χ3v) is 5.63. The molecule has 5 heteroatoms. The number of hydrogen-bond donors (Lipinski definition) is 0. The molecule has 0 aliphatic carbocycles. The Labute approximate surface area is 200 Å². The van der Waals surface area contributed by atoms with Crippen molar-refractivity contribution in [1.29, 1.82) is 0 Å². The van der Waals surface area contributed by atoms with Gasteiger partial charge in [0.2, 0.25) is 5.78 Å². The molecule has 3 aromatic rings. The fourth-order valence-electron chi connectivity index (χ4n) is 3.79. The van der Waals surface area contributed by atoms with Gasteiger partial charge in [-0.3, -0.25) is 4.79 Å². The summed E-state index contributed by atoms with van der Waals surface area (Å²) in [4.78, 5) is 25.6. The van der Waals surface area contributed by atoms with Gasteiger partial charge < -0.3 is 14.2 Å². The van der Waals surface area contributed by atoms with E-state index in [0.29, 0.717) is 34.8 Å². The zero-order valence-corrected chi connectivity index (χ0v) is 20.1. The third kappa shape index (κ3) is 4.88. The molecular weight excluding hydrogens is 428 g/mol. The number of Topliss-reactive ketones (excluding diaryl/α,β-unsaturated/α-hetero) is 1. The number of ether oxygens (including phenoxy) is 3. The van der Waals surface area contributed by atoms with E-state index in [1.54, 1.807) is 37.3 Å². The predicted molar refractivity (Wildman–Crippen MR) is 132 cm³/mol. The van der Waals surface area contributed by atoms with Crippen molar-refractivity contribution in [3.05, 3.63) is 94.2 Å². The first-order valence-corrected chi connectivity index (χ1v) is 11.3. The van der Waals surface area contributed by atoms with Gasteiger partial charge in [-0.25, -0.2) is 4.79 Å². The van der Waals surface area contributed by atoms with Crippen molar-refractivity contribution in [2.75, 3.05) is 6.61 Å². The average molecular weight is 457 g/mol. The summed E-state index contributed by atoms with van der Waals surface area (Å²) >= 11 is 0. The van der Waals surface area contributed by atoms with Crippen LogP contribution >= 0.6 is 0 Å². The zero-order chi connectivity index (χ0) is 24.5. The smallest absolute Gasteiger partial charge is 0.343 e. The SMILES string of the molecule is CCOc1ccc(/C=C2\Oc3cc(OC(=O)c4ccc(C(C)(C)C)cc4)cc(C)c3C2=O)cc1. The van der Waals surface area contributed by atoms with Crippen LogP contribution in [0.4, 0.5) is 0 Å². The molecule has 34 heavy (non-hydrogen) atoms. The third-order valence-electron chi connectivity index (χ3n) is 5.63. The van der Waals surface area contributed by atoms with Gasteiger partial charge in [0.05, 0.1) is 17.7 Å². The molecule has 0 fully saturated rings. The molecule has 0 saturated carbocycles. The Balaban J connectivity index is 1.52. The molecule has 0 radical (unpaired) electrons. The normalized spacial score (nSPS) is 14.0. The van der Waals surface area contributed by atoms with Crippen molar-refractivity contribution in [2.45, 2.75) is 40.0 Å². The van der Waals surface area contributed by atoms with Crippen molar-refractivity contribution >= 4 is 17.8 Å². The van der Waals surface area contributed by atoms with Gasteiger partial charge in [0.15, 0.2) is 5.76 Å². The van der Waals surface area contributed by atoms with Crippen LogP contribution in [0, 0.1) is 6.92 Å². The molecule has 0 spiro atoms. The molecule has 0 amide bonds. The van der Waals surface area contributed by atoms with Crippen LogP contribution in [-0.2, 0) is 5.41 Å². The summed E-state index contributed by atoms with van der Waals surface area (Å²) in [6, 6.07) is 18.1. The molecule has 3 aromatic carbocycles. The number of carbonyl (C=O) groups is 2. The highest BCUT2D eigenvalue weighted by molar-refractivity contribution is 6.15. The molecule has 0 bridgehead atoms. The van der Waals surface area contributed by atoms with Crippen molar-refractivity contribution in [3.63, 3.8) is 0 Å². The van der Waals surface area contributed by atoms with Crippen LogP contribution in [0.25, 0.3) is 6.08 Å². The van der Waals surface area contributed by atoms with E-state index in [1.165, 1.54) is 0 Å². The maximum atomic E-state index is 12.9. The fourth-order valence-corrected chi connectivity index (χ4v) is 3.79. The molecule has 0 saturated heterocycles. The van der Waals surface area contributed by atoms with Crippen molar-refractivity contribution in [2.24, 2.45) is 0 Å². The summed E-state index contributed by atoms with van der Waals surface area (Å²) in [6.45, 7) is 10.7. The average Bonchev–Trinajstić information content (AvgIpc) is 3.10. The van der Waals surface area contributed by atoms with E-state index in [9.17, 15) is 9.59 Å². The van der Waals surface area contributed by atoms with E-state index in [4.69, 9.17) is 14.2 Å². The molecule has 0 atom stereocenters. The van der Waals surface area contributed by atoms with E-state index < -0.39 is 5.97 Å². The van der Waals surface area contributed by atoms with Gasteiger partial charge in [-0.1, -0.05) is 45.0 Å². The Morgan fingerprint density at radius 2 is 1.65 bits per heavy atom. The minimum Gasteiger partial charge on any atom is -0.494 e. The number of hydrogen-bond acceptors (Lipinski definition) is 5. The summed E-state index contributed by atoms with van der Waals surface area (Å²) in [7, 11) is 0. The molecule has 1 aliphatic heterocycles. The first kappa shape index (κ1) is 23.3. The number of esters is 1. The van der Waals surface area contributed by atoms with E-state index >= 15 is 0 Å². The Bertz CT molecular complexity index is 1260. The van der Waals surface area contributed by atoms with Crippen LogP contribution in [0.2, 0.25) is 0 Å². The number of rotatable bonds is 5. The van der Waals surface area contributed by atoms with Crippen LogP contribution in [0.1, 0.15) is 65.1 Å². The zero-order valence-electron chi connectivity index (χ0n) is 20.1. The summed E-state index contributed by atoms with van der Waals surface area (Å²) in [5.74, 6) is 1.04. The summed E-state index contributed by atoms with van der Waals surface area (Å²) in [6.07, 6.45) is 1.69. The second-order valence-electron chi connectivity index (χ2n) is 9.27. The van der Waals surface area contributed by atoms with Gasteiger partial charge in [-0.2, -0.15) is 0 Å². The molecule has 0 N–H and O–H groups in total. The predicted octanol–water partition coefficient (Wildman–Crippen LogP) is 6.53. The molecule has 4 rings (SSSR count). The second-order valence-corrected chi connectivity index (χ2v) is 9.27. The maximum absolute atomic E-state index is 12.9. The Morgan fingerprint density at radius 3 is 2.26 bits per heavy atom. The molecular formula is C29H28O5. The highest BCUT2D eigenvalue weighted by Crippen LogP contribution is 2.38. The molecule has 0 unspecified atom stereocenters. The molecule has 174 valence electrons. The first-order valence-electron chi connectivity index (χ1n) is 11.3. The van der Waals surface area contributed by atoms with Gasteiger partial charge >= 0.3 is 5.97 Å². The van der Waals surface area contributed by atoms with Gasteiger partial charge in [-0.15, -0.1) is 0 Å². The maximum Gasteiger partial charge on any atom is 0.343 e. The first-order chi connectivity index (χ1) is 16.2. The van der Waals surface area contributed by atoms with Gasteiger partial charge in [-0.05, 0) is 72.4 Å². The van der Waals surface area contributed by atoms with Crippen LogP contribution < -0.4 is 14.2 Å². The molecule has 1 heterocycles. The van der Waals surface area contributed by atoms with Crippen LogP contribution in [0.5, 0.6) is 17.2 Å². The Kier molecular flexibility index (Phi) is 6.29. The molecule has 1 aliphatic rings. The fraction of sp³-hybridized carbons (Fsp3) is 0.241. The lowest BCUT2D eigenvalue weighted by Gasteiger charge is -2.18. The number of carbonyl (C=O) groups excluding carboxylic acids is 2. The summed E-state index contributed by atoms with van der Waals surface area (Å²) in [5, 5.41) is 0. The number of aryl methyl sites for hydroxylation is 1. The van der Waals surface area contributed by atoms with E-state index in [-0.39, 0.29) is 17.0 Å². The van der Waals surface area contributed by atoms with Crippen molar-refractivity contribution < 1.29 is 23.8 Å². The van der Waals surface area contributed by atoms with Gasteiger partial charge in [0, 0.05) is 6.07 Å². The summed E-state index contributed by atoms with van der Waals surface area (Å²) < 4.78 is 16.9. The van der Waals surface area contributed by atoms with Crippen LogP contribution in [0.15, 0.2) is 66.4 Å². The quantitative estimate of drug-likeness (QED) is 0.248. The van der Waals surface area contributed by atoms with E-state index in [0.717, 1.165) is 16.9 Å². The minimum atomic E-state index is -0.464. The Hall–Kier alpha value is -3.86. The van der Waals surface area contributed by atoms with Gasteiger partial charge in [0.25, 0.3) is 0 Å². The van der Waals surface area contributed by atoms with Crippen LogP contribution in [0.3, 0.4) is 0 Å². The van der Waals surface area contributed by atoms with Crippen LogP contribution in [-0.4, -0.2) is 18.4 Å². The second kappa shape index (κ2) is 9.18. The lowest BCUT2D eigenvalue weighted by atomic mass is 9.87. The number of ketones is 1. The molecule has 5 nitrogen and oxygen atoms in total. The number of allylic oxidation sites excluding steroid dienone is 1. The lowest BCUT2D eigenvalue weighted by Crippen LogP contribution is -2.13. The number of fused-ring (bicyclic) bond motifs is 1. The molecule has 0 aromatic heterocycles. The highest BCUT2D eigenvalue weighted by atomic mass is 16.5. The summed E-state index contributed by atoms with van der Waals surface area (Å²) in [5.41, 5.74) is 3.58. The number of benzene rings is 3. The highest BCUT2D eigenvalue weighted by Gasteiger charge is 2.30.